The SMILES string of the molecule is COc1ccc2oc(C(N)c3ccc(Br)cc3)cc2c1. The van der Waals surface area contributed by atoms with E-state index in [0.717, 1.165) is 32.5 Å². The molecule has 0 saturated carbocycles. The lowest BCUT2D eigenvalue weighted by atomic mass is 10.1. The highest BCUT2D eigenvalue weighted by atomic mass is 79.9. The maximum atomic E-state index is 6.26. The maximum absolute atomic E-state index is 6.26. The molecule has 0 radical (unpaired) electrons. The molecule has 0 aliphatic rings. The van der Waals surface area contributed by atoms with Gasteiger partial charge in [0.15, 0.2) is 0 Å². The molecular formula is C16H14BrNO2. The molecule has 0 saturated heterocycles. The van der Waals surface area contributed by atoms with Crippen LogP contribution in [-0.4, -0.2) is 7.11 Å². The van der Waals surface area contributed by atoms with E-state index in [1.165, 1.54) is 0 Å². The lowest BCUT2D eigenvalue weighted by molar-refractivity contribution is 0.415. The Bertz CT molecular complexity index is 734. The monoisotopic (exact) mass is 331 g/mol. The average molecular weight is 332 g/mol. The van der Waals surface area contributed by atoms with E-state index in [-0.39, 0.29) is 6.04 Å². The van der Waals surface area contributed by atoms with Crippen molar-refractivity contribution in [1.82, 2.24) is 0 Å². The molecule has 0 aliphatic heterocycles. The molecule has 1 aromatic heterocycles. The van der Waals surface area contributed by atoms with Gasteiger partial charge >= 0.3 is 0 Å². The normalized spacial score (nSPS) is 12.6. The van der Waals surface area contributed by atoms with Gasteiger partial charge in [0, 0.05) is 9.86 Å². The summed E-state index contributed by atoms with van der Waals surface area (Å²) in [5.41, 5.74) is 8.09. The number of hydrogen-bond acceptors (Lipinski definition) is 3. The van der Waals surface area contributed by atoms with Crippen molar-refractivity contribution in [3.05, 3.63) is 64.3 Å². The van der Waals surface area contributed by atoms with Gasteiger partial charge in [0.1, 0.15) is 17.1 Å². The zero-order valence-corrected chi connectivity index (χ0v) is 12.6. The maximum Gasteiger partial charge on any atom is 0.134 e. The van der Waals surface area contributed by atoms with E-state index >= 15 is 0 Å². The summed E-state index contributed by atoms with van der Waals surface area (Å²) in [6.07, 6.45) is 0. The Hall–Kier alpha value is -1.78. The number of nitrogens with two attached hydrogens (primary N) is 1. The largest absolute Gasteiger partial charge is 0.497 e. The van der Waals surface area contributed by atoms with Gasteiger partial charge in [-0.15, -0.1) is 0 Å². The summed E-state index contributed by atoms with van der Waals surface area (Å²) in [5.74, 6) is 1.55. The summed E-state index contributed by atoms with van der Waals surface area (Å²) in [6, 6.07) is 15.3. The Morgan fingerprint density at radius 1 is 1.10 bits per heavy atom. The van der Waals surface area contributed by atoms with Gasteiger partial charge in [-0.3, -0.25) is 0 Å². The molecule has 3 rings (SSSR count). The fraction of sp³-hybridized carbons (Fsp3) is 0.125. The summed E-state index contributed by atoms with van der Waals surface area (Å²) >= 11 is 3.42. The second-order valence-electron chi connectivity index (χ2n) is 4.58. The predicted octanol–water partition coefficient (Wildman–Crippen LogP) is 4.25. The predicted molar refractivity (Wildman–Crippen MR) is 82.9 cm³/mol. The molecule has 0 spiro atoms. The van der Waals surface area contributed by atoms with Crippen molar-refractivity contribution in [1.29, 1.82) is 0 Å². The van der Waals surface area contributed by atoms with Gasteiger partial charge in [-0.2, -0.15) is 0 Å². The van der Waals surface area contributed by atoms with Crippen LogP contribution in [0.25, 0.3) is 11.0 Å². The molecule has 2 N–H and O–H groups in total. The summed E-state index contributed by atoms with van der Waals surface area (Å²) in [6.45, 7) is 0. The minimum atomic E-state index is -0.276. The third-order valence-electron chi connectivity index (χ3n) is 3.28. The van der Waals surface area contributed by atoms with Crippen LogP contribution in [0.2, 0.25) is 0 Å². The van der Waals surface area contributed by atoms with Crippen LogP contribution < -0.4 is 10.5 Å². The summed E-state index contributed by atoms with van der Waals surface area (Å²) in [4.78, 5) is 0. The van der Waals surface area contributed by atoms with Crippen LogP contribution in [0.1, 0.15) is 17.4 Å². The first-order valence-electron chi connectivity index (χ1n) is 6.26. The second kappa shape index (κ2) is 5.31. The lowest BCUT2D eigenvalue weighted by Gasteiger charge is -2.08. The summed E-state index contributed by atoms with van der Waals surface area (Å²) in [5, 5.41) is 0.993. The van der Waals surface area contributed by atoms with E-state index < -0.39 is 0 Å². The molecule has 0 aliphatic carbocycles. The van der Waals surface area contributed by atoms with Crippen LogP contribution >= 0.6 is 15.9 Å². The first kappa shape index (κ1) is 13.2. The number of methoxy groups -OCH3 is 1. The minimum absolute atomic E-state index is 0.276. The van der Waals surface area contributed by atoms with Gasteiger partial charge in [0.2, 0.25) is 0 Å². The number of halogens is 1. The first-order valence-corrected chi connectivity index (χ1v) is 7.05. The van der Waals surface area contributed by atoms with Gasteiger partial charge in [-0.25, -0.2) is 0 Å². The highest BCUT2D eigenvalue weighted by Crippen LogP contribution is 2.29. The highest BCUT2D eigenvalue weighted by Gasteiger charge is 2.14. The third kappa shape index (κ3) is 2.44. The van der Waals surface area contributed by atoms with E-state index in [9.17, 15) is 0 Å². The molecule has 1 heterocycles. The molecule has 0 amide bonds. The number of rotatable bonds is 3. The van der Waals surface area contributed by atoms with Crippen LogP contribution in [0.4, 0.5) is 0 Å². The Morgan fingerprint density at radius 2 is 1.85 bits per heavy atom. The highest BCUT2D eigenvalue weighted by molar-refractivity contribution is 9.10. The zero-order valence-electron chi connectivity index (χ0n) is 11.0. The van der Waals surface area contributed by atoms with Gasteiger partial charge in [0.25, 0.3) is 0 Å². The van der Waals surface area contributed by atoms with E-state index in [0.29, 0.717) is 0 Å². The molecular weight excluding hydrogens is 318 g/mol. The molecule has 3 nitrogen and oxygen atoms in total. The van der Waals surface area contributed by atoms with Crippen molar-refractivity contribution in [3.63, 3.8) is 0 Å². The van der Waals surface area contributed by atoms with Crippen LogP contribution in [0.3, 0.4) is 0 Å². The number of hydrogen-bond donors (Lipinski definition) is 1. The second-order valence-corrected chi connectivity index (χ2v) is 5.50. The number of benzene rings is 2. The van der Waals surface area contributed by atoms with Gasteiger partial charge in [-0.1, -0.05) is 28.1 Å². The molecule has 0 fully saturated rings. The van der Waals surface area contributed by atoms with Crippen LogP contribution in [0, 0.1) is 0 Å². The van der Waals surface area contributed by atoms with E-state index in [1.807, 2.05) is 48.5 Å². The fourth-order valence-corrected chi connectivity index (χ4v) is 2.42. The van der Waals surface area contributed by atoms with Crippen molar-refractivity contribution in [2.75, 3.05) is 7.11 Å². The number of ether oxygens (including phenoxy) is 1. The van der Waals surface area contributed by atoms with Crippen molar-refractivity contribution in [2.45, 2.75) is 6.04 Å². The third-order valence-corrected chi connectivity index (χ3v) is 3.81. The van der Waals surface area contributed by atoms with E-state index in [1.54, 1.807) is 7.11 Å². The topological polar surface area (TPSA) is 48.4 Å². The van der Waals surface area contributed by atoms with Crippen molar-refractivity contribution >= 4 is 26.9 Å². The molecule has 2 aromatic carbocycles. The Balaban J connectivity index is 1.98. The van der Waals surface area contributed by atoms with E-state index in [4.69, 9.17) is 14.9 Å². The lowest BCUT2D eigenvalue weighted by Crippen LogP contribution is -2.10. The van der Waals surface area contributed by atoms with Gasteiger partial charge < -0.3 is 14.9 Å². The molecule has 1 atom stereocenters. The number of furan rings is 1. The Morgan fingerprint density at radius 3 is 2.55 bits per heavy atom. The fourth-order valence-electron chi connectivity index (χ4n) is 2.16. The van der Waals surface area contributed by atoms with Crippen LogP contribution in [0.5, 0.6) is 5.75 Å². The van der Waals surface area contributed by atoms with Crippen LogP contribution in [0.15, 0.2) is 57.4 Å². The van der Waals surface area contributed by atoms with Crippen molar-refractivity contribution < 1.29 is 9.15 Å². The van der Waals surface area contributed by atoms with Crippen molar-refractivity contribution in [3.8, 4) is 5.75 Å². The van der Waals surface area contributed by atoms with Crippen LogP contribution in [-0.2, 0) is 0 Å². The minimum Gasteiger partial charge on any atom is -0.497 e. The summed E-state index contributed by atoms with van der Waals surface area (Å²) in [7, 11) is 1.65. The Labute approximate surface area is 125 Å². The molecule has 4 heteroatoms. The molecule has 1 unspecified atom stereocenters. The van der Waals surface area contributed by atoms with Gasteiger partial charge in [0.05, 0.1) is 13.2 Å². The molecule has 0 bridgehead atoms. The van der Waals surface area contributed by atoms with Gasteiger partial charge in [-0.05, 0) is 42.0 Å². The quantitative estimate of drug-likeness (QED) is 0.780. The average Bonchev–Trinajstić information content (AvgIpc) is 2.90. The first-order chi connectivity index (χ1) is 9.67. The molecule has 20 heavy (non-hydrogen) atoms. The number of fused-ring (bicyclic) bond motifs is 1. The van der Waals surface area contributed by atoms with Crippen molar-refractivity contribution in [2.24, 2.45) is 5.73 Å². The zero-order chi connectivity index (χ0) is 14.1. The molecule has 102 valence electrons. The van der Waals surface area contributed by atoms with E-state index in [2.05, 4.69) is 15.9 Å². The standard InChI is InChI=1S/C16H14BrNO2/c1-19-13-6-7-14-11(8-13)9-15(20-14)16(18)10-2-4-12(17)5-3-10/h2-9,16H,18H2,1H3. The summed E-state index contributed by atoms with van der Waals surface area (Å²) < 4.78 is 12.1. The Kier molecular flexibility index (Phi) is 3.51. The molecule has 3 aromatic rings. The smallest absolute Gasteiger partial charge is 0.134 e.